The number of carbonyl (C=O) groups is 1. The van der Waals surface area contributed by atoms with Crippen LogP contribution in [0.15, 0.2) is 41.5 Å². The molecular weight excluding hydrogens is 500 g/mol. The summed E-state index contributed by atoms with van der Waals surface area (Å²) >= 11 is 6.54. The van der Waals surface area contributed by atoms with E-state index in [-0.39, 0.29) is 5.91 Å². The minimum Gasteiger partial charge on any atom is -0.369 e. The van der Waals surface area contributed by atoms with Crippen LogP contribution in [0.5, 0.6) is 0 Å². The van der Waals surface area contributed by atoms with Crippen LogP contribution in [0.3, 0.4) is 0 Å². The van der Waals surface area contributed by atoms with Crippen LogP contribution in [-0.2, 0) is 0 Å². The van der Waals surface area contributed by atoms with Crippen LogP contribution in [0.2, 0.25) is 5.02 Å². The summed E-state index contributed by atoms with van der Waals surface area (Å²) in [6.45, 7) is 11.6. The lowest BCUT2D eigenvalue weighted by Gasteiger charge is -2.36. The summed E-state index contributed by atoms with van der Waals surface area (Å²) in [5.41, 5.74) is 6.61. The number of hydrogen-bond donors (Lipinski definition) is 1. The van der Waals surface area contributed by atoms with Gasteiger partial charge in [-0.15, -0.1) is 0 Å². The second kappa shape index (κ2) is 9.56. The van der Waals surface area contributed by atoms with E-state index in [9.17, 15) is 4.79 Å². The number of nitrogens with zero attached hydrogens (tertiary/aromatic N) is 7. The zero-order chi connectivity index (χ0) is 26.6. The molecule has 196 valence electrons. The summed E-state index contributed by atoms with van der Waals surface area (Å²) < 4.78 is 0. The van der Waals surface area contributed by atoms with E-state index in [0.717, 1.165) is 37.4 Å². The lowest BCUT2D eigenvalue weighted by Crippen LogP contribution is -2.51. The maximum absolute atomic E-state index is 13.7. The molecule has 38 heavy (non-hydrogen) atoms. The smallest absolute Gasteiger partial charge is 0.270 e. The number of hydrogen-bond acceptors (Lipinski definition) is 8. The van der Waals surface area contributed by atoms with Gasteiger partial charge in [0, 0.05) is 50.3 Å². The molecule has 0 atom stereocenters. The van der Waals surface area contributed by atoms with E-state index in [4.69, 9.17) is 16.6 Å². The molecule has 1 saturated heterocycles. The Hall–Kier alpha value is -3.69. The fraction of sp³-hybridized carbons (Fsp3) is 0.357. The fourth-order valence-electron chi connectivity index (χ4n) is 5.62. The fourth-order valence-corrected chi connectivity index (χ4v) is 5.93. The van der Waals surface area contributed by atoms with Gasteiger partial charge in [-0.25, -0.2) is 9.88 Å². The first-order chi connectivity index (χ1) is 18.3. The number of nitrogens with one attached hydrogen (secondary N) is 1. The third-order valence-electron chi connectivity index (χ3n) is 7.45. The van der Waals surface area contributed by atoms with Crippen molar-refractivity contribution < 1.29 is 4.79 Å². The van der Waals surface area contributed by atoms with Gasteiger partial charge in [-0.3, -0.25) is 14.7 Å². The van der Waals surface area contributed by atoms with Crippen LogP contribution < -0.4 is 20.0 Å². The summed E-state index contributed by atoms with van der Waals surface area (Å²) in [4.78, 5) is 36.0. The van der Waals surface area contributed by atoms with Gasteiger partial charge in [0.2, 0.25) is 11.9 Å². The molecule has 3 aromatic rings. The molecule has 0 radical (unpaired) electrons. The van der Waals surface area contributed by atoms with Crippen molar-refractivity contribution in [2.75, 3.05) is 66.3 Å². The number of aliphatic imine (C=N–C) groups is 1. The third-order valence-corrected chi connectivity index (χ3v) is 7.76. The second-order valence-corrected chi connectivity index (χ2v) is 10.6. The summed E-state index contributed by atoms with van der Waals surface area (Å²) in [5, 5.41) is 3.87. The van der Waals surface area contributed by atoms with Crippen LogP contribution in [0, 0.1) is 20.8 Å². The zero-order valence-corrected chi connectivity index (χ0v) is 22.9. The molecule has 0 saturated carbocycles. The van der Waals surface area contributed by atoms with Crippen LogP contribution in [0.1, 0.15) is 27.0 Å². The standard InChI is InChI=1S/C28H31ClN8O/c1-17-6-5-7-22(29)24(17)37-26(38)21-16-31-27(33-25(21)36-9-8-30-28(36)37)32-20-14-18(2)23(19(3)15-20)35-12-10-34(4)11-13-35/h5-7,14-16H,8-13H2,1-4H3,(H,31,32,33). The number of guanidine groups is 1. The molecule has 1 fully saturated rings. The summed E-state index contributed by atoms with van der Waals surface area (Å²) in [7, 11) is 2.17. The Kier molecular flexibility index (Phi) is 6.20. The average molecular weight is 531 g/mol. The number of anilines is 5. The number of para-hydroxylation sites is 1. The van der Waals surface area contributed by atoms with Crippen molar-refractivity contribution in [2.45, 2.75) is 20.8 Å². The van der Waals surface area contributed by atoms with Crippen LogP contribution >= 0.6 is 11.6 Å². The highest BCUT2D eigenvalue weighted by molar-refractivity contribution is 6.38. The molecule has 1 aromatic heterocycles. The van der Waals surface area contributed by atoms with Gasteiger partial charge in [0.1, 0.15) is 5.56 Å². The van der Waals surface area contributed by atoms with Gasteiger partial charge >= 0.3 is 0 Å². The summed E-state index contributed by atoms with van der Waals surface area (Å²) in [5.74, 6) is 1.32. The second-order valence-electron chi connectivity index (χ2n) is 10.2. The van der Waals surface area contributed by atoms with Gasteiger partial charge in [0.15, 0.2) is 5.82 Å². The van der Waals surface area contributed by atoms with Crippen LogP contribution in [0.4, 0.5) is 28.8 Å². The molecule has 6 rings (SSSR count). The third kappa shape index (κ3) is 4.16. The maximum Gasteiger partial charge on any atom is 0.270 e. The molecule has 1 amide bonds. The summed E-state index contributed by atoms with van der Waals surface area (Å²) in [6, 6.07) is 9.87. The number of rotatable bonds is 4. The van der Waals surface area contributed by atoms with Gasteiger partial charge in [0.05, 0.1) is 17.3 Å². The average Bonchev–Trinajstić information content (AvgIpc) is 3.36. The van der Waals surface area contributed by atoms with E-state index in [2.05, 4.69) is 58.1 Å². The molecule has 4 heterocycles. The van der Waals surface area contributed by atoms with Gasteiger partial charge in [0.25, 0.3) is 5.91 Å². The van der Waals surface area contributed by atoms with E-state index in [1.165, 1.54) is 16.8 Å². The lowest BCUT2D eigenvalue weighted by molar-refractivity contribution is 0.0999. The predicted octanol–water partition coefficient (Wildman–Crippen LogP) is 4.39. The van der Waals surface area contributed by atoms with Crippen molar-refractivity contribution in [2.24, 2.45) is 4.99 Å². The SMILES string of the molecule is Cc1cc(Nc2ncc3c(n2)N2CCN=C2N(c2c(C)cccc2Cl)C3=O)cc(C)c1N1CCN(C)CC1. The van der Waals surface area contributed by atoms with E-state index in [1.807, 2.05) is 24.0 Å². The van der Waals surface area contributed by atoms with E-state index in [1.54, 1.807) is 17.2 Å². The molecule has 0 unspecified atom stereocenters. The molecule has 1 N–H and O–H groups in total. The first-order valence-electron chi connectivity index (χ1n) is 12.9. The monoisotopic (exact) mass is 530 g/mol. The molecule has 3 aliphatic heterocycles. The minimum absolute atomic E-state index is 0.233. The summed E-state index contributed by atoms with van der Waals surface area (Å²) in [6.07, 6.45) is 1.60. The Bertz CT molecular complexity index is 1420. The van der Waals surface area contributed by atoms with Gasteiger partial charge in [-0.05, 0) is 62.7 Å². The van der Waals surface area contributed by atoms with Crippen molar-refractivity contribution in [3.8, 4) is 0 Å². The number of aryl methyl sites for hydroxylation is 3. The highest BCUT2D eigenvalue weighted by Gasteiger charge is 2.41. The van der Waals surface area contributed by atoms with Gasteiger partial charge in [-0.2, -0.15) is 4.98 Å². The predicted molar refractivity (Wildman–Crippen MR) is 154 cm³/mol. The normalized spacial score (nSPS) is 17.4. The number of likely N-dealkylation sites (N-methyl/N-ethyl adjacent to an activating group) is 1. The Morgan fingerprint density at radius 2 is 1.68 bits per heavy atom. The van der Waals surface area contributed by atoms with E-state index in [0.29, 0.717) is 47.1 Å². The molecule has 10 heteroatoms. The number of amides is 1. The highest BCUT2D eigenvalue weighted by Crippen LogP contribution is 2.38. The molecule has 2 aromatic carbocycles. The molecular formula is C28H31ClN8O. The molecule has 3 aliphatic rings. The maximum atomic E-state index is 13.7. The van der Waals surface area contributed by atoms with Gasteiger partial charge in [-0.1, -0.05) is 23.7 Å². The van der Waals surface area contributed by atoms with Crippen molar-refractivity contribution in [3.63, 3.8) is 0 Å². The number of halogens is 1. The number of aromatic nitrogens is 2. The molecule has 9 nitrogen and oxygen atoms in total. The molecule has 0 bridgehead atoms. The largest absolute Gasteiger partial charge is 0.369 e. The van der Waals surface area contributed by atoms with Crippen LogP contribution in [-0.4, -0.2) is 73.1 Å². The topological polar surface area (TPSA) is 80.2 Å². The number of fused-ring (bicyclic) bond motifs is 3. The number of carbonyl (C=O) groups excluding carboxylic acids is 1. The van der Waals surface area contributed by atoms with Gasteiger partial charge < -0.3 is 15.1 Å². The Morgan fingerprint density at radius 3 is 2.39 bits per heavy atom. The van der Waals surface area contributed by atoms with Crippen molar-refractivity contribution in [1.82, 2.24) is 14.9 Å². The first-order valence-corrected chi connectivity index (χ1v) is 13.3. The highest BCUT2D eigenvalue weighted by atomic mass is 35.5. The van der Waals surface area contributed by atoms with Crippen molar-refractivity contribution >= 4 is 52.3 Å². The zero-order valence-electron chi connectivity index (χ0n) is 22.1. The number of benzene rings is 2. The Labute approximate surface area is 227 Å². The lowest BCUT2D eigenvalue weighted by atomic mass is 10.1. The van der Waals surface area contributed by atoms with Crippen LogP contribution in [0.25, 0.3) is 0 Å². The minimum atomic E-state index is -0.233. The quantitative estimate of drug-likeness (QED) is 0.536. The Morgan fingerprint density at radius 1 is 0.947 bits per heavy atom. The molecule has 0 aliphatic carbocycles. The number of piperazine rings is 1. The van der Waals surface area contributed by atoms with Crippen molar-refractivity contribution in [3.05, 3.63) is 63.8 Å². The Balaban J connectivity index is 1.31. The first kappa shape index (κ1) is 24.6. The van der Waals surface area contributed by atoms with E-state index >= 15 is 0 Å². The molecule has 0 spiro atoms. The van der Waals surface area contributed by atoms with E-state index < -0.39 is 0 Å². The van der Waals surface area contributed by atoms with Crippen molar-refractivity contribution in [1.29, 1.82) is 0 Å².